The van der Waals surface area contributed by atoms with E-state index in [2.05, 4.69) is 15.0 Å². The molecule has 6 heteroatoms. The molecule has 0 spiro atoms. The second kappa shape index (κ2) is 6.51. The van der Waals surface area contributed by atoms with Gasteiger partial charge in [0.05, 0.1) is 18.2 Å². The zero-order valence-electron chi connectivity index (χ0n) is 11.5. The minimum Gasteiger partial charge on any atom is -0.465 e. The number of hydrogen-bond donors (Lipinski definition) is 2. The van der Waals surface area contributed by atoms with Crippen LogP contribution in [0, 0.1) is 0 Å². The van der Waals surface area contributed by atoms with E-state index >= 15 is 0 Å². The number of benzene rings is 1. The first kappa shape index (κ1) is 14.5. The third-order valence-corrected chi connectivity index (χ3v) is 2.91. The lowest BCUT2D eigenvalue weighted by Gasteiger charge is -2.07. The fourth-order valence-electron chi connectivity index (χ4n) is 1.76. The number of ether oxygens (including phenoxy) is 1. The molecule has 0 unspecified atom stereocenters. The Bertz CT molecular complexity index is 653. The van der Waals surface area contributed by atoms with E-state index in [1.54, 1.807) is 36.4 Å². The molecule has 108 valence electrons. The summed E-state index contributed by atoms with van der Waals surface area (Å²) in [5, 5.41) is 2.74. The van der Waals surface area contributed by atoms with Crippen molar-refractivity contribution in [3.63, 3.8) is 0 Å². The number of nitrogens with zero attached hydrogens (tertiary/aromatic N) is 1. The van der Waals surface area contributed by atoms with Crippen molar-refractivity contribution in [1.29, 1.82) is 0 Å². The van der Waals surface area contributed by atoms with Crippen LogP contribution in [0.2, 0.25) is 0 Å². The van der Waals surface area contributed by atoms with Crippen LogP contribution in [-0.4, -0.2) is 24.0 Å². The fraction of sp³-hybridized carbons (Fsp3) is 0.133. The van der Waals surface area contributed by atoms with Gasteiger partial charge in [0.25, 0.3) is 5.91 Å². The highest BCUT2D eigenvalue weighted by atomic mass is 16.5. The van der Waals surface area contributed by atoms with Crippen molar-refractivity contribution in [3.8, 4) is 0 Å². The average Bonchev–Trinajstić information content (AvgIpc) is 2.52. The van der Waals surface area contributed by atoms with Crippen LogP contribution < -0.4 is 11.1 Å². The Hall–Kier alpha value is -2.89. The molecule has 0 aliphatic rings. The molecule has 2 rings (SSSR count). The van der Waals surface area contributed by atoms with Crippen LogP contribution in [0.3, 0.4) is 0 Å². The molecule has 0 saturated heterocycles. The van der Waals surface area contributed by atoms with Gasteiger partial charge in [-0.05, 0) is 29.8 Å². The topological polar surface area (TPSA) is 94.3 Å². The van der Waals surface area contributed by atoms with Gasteiger partial charge in [-0.25, -0.2) is 9.78 Å². The largest absolute Gasteiger partial charge is 0.465 e. The van der Waals surface area contributed by atoms with Gasteiger partial charge in [-0.3, -0.25) is 4.79 Å². The summed E-state index contributed by atoms with van der Waals surface area (Å²) in [6, 6.07) is 10.0. The van der Waals surface area contributed by atoms with Crippen molar-refractivity contribution in [1.82, 2.24) is 10.3 Å². The van der Waals surface area contributed by atoms with Crippen molar-refractivity contribution in [2.45, 2.75) is 6.54 Å². The van der Waals surface area contributed by atoms with E-state index in [-0.39, 0.29) is 11.7 Å². The number of nitrogen functional groups attached to an aromatic ring is 1. The molecular weight excluding hydrogens is 270 g/mol. The number of carbonyl (C=O) groups is 2. The molecule has 1 aromatic carbocycles. The maximum absolute atomic E-state index is 12.0. The molecule has 1 heterocycles. The summed E-state index contributed by atoms with van der Waals surface area (Å²) in [6.07, 6.45) is 1.53. The summed E-state index contributed by atoms with van der Waals surface area (Å²) in [6.45, 7) is 0.328. The molecule has 6 nitrogen and oxygen atoms in total. The van der Waals surface area contributed by atoms with Crippen LogP contribution in [0.4, 0.5) is 5.82 Å². The van der Waals surface area contributed by atoms with Crippen LogP contribution in [0.5, 0.6) is 0 Å². The van der Waals surface area contributed by atoms with Gasteiger partial charge in [0.1, 0.15) is 5.82 Å². The zero-order chi connectivity index (χ0) is 15.2. The number of amides is 1. The molecule has 0 atom stereocenters. The molecular formula is C15H15N3O3. The van der Waals surface area contributed by atoms with E-state index in [4.69, 9.17) is 5.73 Å². The SMILES string of the molecule is COC(=O)c1ccc(CNC(=O)c2cccnc2N)cc1. The third-order valence-electron chi connectivity index (χ3n) is 2.91. The number of aromatic nitrogens is 1. The molecule has 1 aromatic heterocycles. The molecule has 21 heavy (non-hydrogen) atoms. The molecule has 3 N–H and O–H groups in total. The van der Waals surface area contributed by atoms with Crippen LogP contribution in [0.25, 0.3) is 0 Å². The maximum atomic E-state index is 12.0. The van der Waals surface area contributed by atoms with Gasteiger partial charge in [-0.1, -0.05) is 12.1 Å². The van der Waals surface area contributed by atoms with Gasteiger partial charge < -0.3 is 15.8 Å². The van der Waals surface area contributed by atoms with Crippen LogP contribution in [0.1, 0.15) is 26.3 Å². The van der Waals surface area contributed by atoms with Crippen LogP contribution >= 0.6 is 0 Å². The number of carbonyl (C=O) groups excluding carboxylic acids is 2. The van der Waals surface area contributed by atoms with Gasteiger partial charge >= 0.3 is 5.97 Å². The minimum atomic E-state index is -0.395. The molecule has 2 aromatic rings. The van der Waals surface area contributed by atoms with E-state index in [1.807, 2.05) is 0 Å². The number of pyridine rings is 1. The van der Waals surface area contributed by atoms with E-state index in [9.17, 15) is 9.59 Å². The van der Waals surface area contributed by atoms with Crippen LogP contribution in [0.15, 0.2) is 42.6 Å². The number of nitrogens with two attached hydrogens (primary N) is 1. The first-order valence-electron chi connectivity index (χ1n) is 6.27. The smallest absolute Gasteiger partial charge is 0.337 e. The second-order valence-electron chi connectivity index (χ2n) is 4.31. The van der Waals surface area contributed by atoms with Crippen molar-refractivity contribution in [2.24, 2.45) is 0 Å². The zero-order valence-corrected chi connectivity index (χ0v) is 11.5. The quantitative estimate of drug-likeness (QED) is 0.828. The number of nitrogens with one attached hydrogen (secondary N) is 1. The van der Waals surface area contributed by atoms with Crippen LogP contribution in [-0.2, 0) is 11.3 Å². The minimum absolute atomic E-state index is 0.191. The van der Waals surface area contributed by atoms with Gasteiger partial charge in [0, 0.05) is 12.7 Å². The lowest BCUT2D eigenvalue weighted by atomic mass is 10.1. The Morgan fingerprint density at radius 2 is 1.95 bits per heavy atom. The Kier molecular flexibility index (Phi) is 4.50. The number of anilines is 1. The van der Waals surface area contributed by atoms with Gasteiger partial charge in [-0.15, -0.1) is 0 Å². The predicted molar refractivity (Wildman–Crippen MR) is 77.6 cm³/mol. The predicted octanol–water partition coefficient (Wildman–Crippen LogP) is 1.38. The first-order chi connectivity index (χ1) is 10.1. The van der Waals surface area contributed by atoms with Crippen molar-refractivity contribution >= 4 is 17.7 Å². The standard InChI is InChI=1S/C15H15N3O3/c1-21-15(20)11-6-4-10(5-7-11)9-18-14(19)12-3-2-8-17-13(12)16/h2-8H,9H2,1H3,(H2,16,17)(H,18,19). The Balaban J connectivity index is 1.99. The number of esters is 1. The Morgan fingerprint density at radius 3 is 2.57 bits per heavy atom. The number of methoxy groups -OCH3 is 1. The van der Waals surface area contributed by atoms with Crippen molar-refractivity contribution < 1.29 is 14.3 Å². The molecule has 0 saturated carbocycles. The number of hydrogen-bond acceptors (Lipinski definition) is 5. The number of rotatable bonds is 4. The molecule has 0 bridgehead atoms. The highest BCUT2D eigenvalue weighted by Crippen LogP contribution is 2.08. The normalized spacial score (nSPS) is 9.95. The maximum Gasteiger partial charge on any atom is 0.337 e. The van der Waals surface area contributed by atoms with E-state index in [0.29, 0.717) is 17.7 Å². The summed E-state index contributed by atoms with van der Waals surface area (Å²) in [7, 11) is 1.33. The molecule has 0 fully saturated rings. The summed E-state index contributed by atoms with van der Waals surface area (Å²) in [5.74, 6) is -0.498. The van der Waals surface area contributed by atoms with Crippen molar-refractivity contribution in [2.75, 3.05) is 12.8 Å². The van der Waals surface area contributed by atoms with E-state index in [0.717, 1.165) is 5.56 Å². The monoisotopic (exact) mass is 285 g/mol. The summed E-state index contributed by atoms with van der Waals surface area (Å²) in [4.78, 5) is 27.1. The Morgan fingerprint density at radius 1 is 1.24 bits per heavy atom. The van der Waals surface area contributed by atoms with E-state index < -0.39 is 5.97 Å². The summed E-state index contributed by atoms with van der Waals surface area (Å²) < 4.78 is 4.62. The average molecular weight is 285 g/mol. The molecule has 0 aliphatic heterocycles. The summed E-state index contributed by atoms with van der Waals surface area (Å²) >= 11 is 0. The van der Waals surface area contributed by atoms with E-state index in [1.165, 1.54) is 13.3 Å². The highest BCUT2D eigenvalue weighted by Gasteiger charge is 2.10. The lowest BCUT2D eigenvalue weighted by molar-refractivity contribution is 0.0600. The summed E-state index contributed by atoms with van der Waals surface area (Å²) in [5.41, 5.74) is 7.29. The molecule has 0 radical (unpaired) electrons. The third kappa shape index (κ3) is 3.56. The highest BCUT2D eigenvalue weighted by molar-refractivity contribution is 5.98. The van der Waals surface area contributed by atoms with Crippen molar-refractivity contribution in [3.05, 3.63) is 59.3 Å². The molecule has 1 amide bonds. The molecule has 0 aliphatic carbocycles. The fourth-order valence-corrected chi connectivity index (χ4v) is 1.76. The first-order valence-corrected chi connectivity index (χ1v) is 6.27. The van der Waals surface area contributed by atoms with Gasteiger partial charge in [0.2, 0.25) is 0 Å². The van der Waals surface area contributed by atoms with Gasteiger partial charge in [-0.2, -0.15) is 0 Å². The Labute approximate surface area is 121 Å². The van der Waals surface area contributed by atoms with Gasteiger partial charge in [0.15, 0.2) is 0 Å². The second-order valence-corrected chi connectivity index (χ2v) is 4.31. The lowest BCUT2D eigenvalue weighted by Crippen LogP contribution is -2.24.